The minimum Gasteiger partial charge on any atom is -0.377 e. The Morgan fingerprint density at radius 2 is 2.36 bits per heavy atom. The summed E-state index contributed by atoms with van der Waals surface area (Å²) in [7, 11) is 0. The zero-order valence-corrected chi connectivity index (χ0v) is 9.14. The van der Waals surface area contributed by atoms with E-state index in [1.54, 1.807) is 0 Å². The molecule has 0 aromatic heterocycles. The van der Waals surface area contributed by atoms with Gasteiger partial charge in [0.2, 0.25) is 0 Å². The van der Waals surface area contributed by atoms with E-state index in [0.717, 1.165) is 26.2 Å². The minimum atomic E-state index is 0.471. The maximum Gasteiger partial charge on any atom is 0.0689 e. The molecule has 14 heavy (non-hydrogen) atoms. The van der Waals surface area contributed by atoms with Gasteiger partial charge in [0.15, 0.2) is 0 Å². The van der Waals surface area contributed by atoms with E-state index in [1.165, 1.54) is 31.3 Å². The molecule has 1 fully saturated rings. The Morgan fingerprint density at radius 1 is 1.50 bits per heavy atom. The Morgan fingerprint density at radius 3 is 2.86 bits per heavy atom. The van der Waals surface area contributed by atoms with E-state index >= 15 is 0 Å². The smallest absolute Gasteiger partial charge is 0.0689 e. The monoisotopic (exact) mass is 195 g/mol. The van der Waals surface area contributed by atoms with Crippen molar-refractivity contribution in [2.24, 2.45) is 0 Å². The van der Waals surface area contributed by atoms with Gasteiger partial charge in [0.05, 0.1) is 13.2 Å². The van der Waals surface area contributed by atoms with Crippen LogP contribution in [-0.2, 0) is 4.74 Å². The fraction of sp³-hybridized carbons (Fsp3) is 0.833. The van der Waals surface area contributed by atoms with E-state index in [-0.39, 0.29) is 0 Å². The number of hydrogen-bond donors (Lipinski definition) is 1. The fourth-order valence-corrected chi connectivity index (χ4v) is 2.29. The highest BCUT2D eigenvalue weighted by atomic mass is 16.5. The van der Waals surface area contributed by atoms with E-state index in [1.807, 2.05) is 0 Å². The van der Waals surface area contributed by atoms with Crippen molar-refractivity contribution in [2.45, 2.75) is 44.6 Å². The first-order valence-electron chi connectivity index (χ1n) is 5.85. The second-order valence-electron chi connectivity index (χ2n) is 4.54. The van der Waals surface area contributed by atoms with Crippen LogP contribution in [0.2, 0.25) is 0 Å². The number of nitrogens with one attached hydrogen (secondary N) is 1. The maximum atomic E-state index is 5.42. The van der Waals surface area contributed by atoms with E-state index < -0.39 is 0 Å². The van der Waals surface area contributed by atoms with Crippen molar-refractivity contribution < 1.29 is 4.74 Å². The third-order valence-electron chi connectivity index (χ3n) is 3.66. The summed E-state index contributed by atoms with van der Waals surface area (Å²) in [5.41, 5.74) is 1.91. The van der Waals surface area contributed by atoms with Gasteiger partial charge in [-0.3, -0.25) is 0 Å². The normalized spacial score (nSPS) is 25.4. The lowest BCUT2D eigenvalue weighted by Gasteiger charge is -2.42. The Balaban J connectivity index is 1.78. The zero-order chi connectivity index (χ0) is 9.86. The highest BCUT2D eigenvalue weighted by Gasteiger charge is 2.34. The topological polar surface area (TPSA) is 21.3 Å². The summed E-state index contributed by atoms with van der Waals surface area (Å²) in [4.78, 5) is 0. The summed E-state index contributed by atoms with van der Waals surface area (Å²) in [5.74, 6) is 0. The SMILES string of the molecule is CCC1(NCC2=CCCOC2)CCC1. The fourth-order valence-electron chi connectivity index (χ4n) is 2.29. The van der Waals surface area contributed by atoms with Crippen molar-refractivity contribution in [1.82, 2.24) is 5.32 Å². The minimum absolute atomic E-state index is 0.471. The maximum absolute atomic E-state index is 5.42. The Hall–Kier alpha value is -0.340. The summed E-state index contributed by atoms with van der Waals surface area (Å²) in [5, 5.41) is 3.70. The molecule has 0 bridgehead atoms. The van der Waals surface area contributed by atoms with Crippen LogP contribution in [-0.4, -0.2) is 25.3 Å². The first kappa shape index (κ1) is 10.2. The molecule has 1 N–H and O–H groups in total. The Kier molecular flexibility index (Phi) is 3.24. The van der Waals surface area contributed by atoms with Crippen molar-refractivity contribution in [3.05, 3.63) is 11.6 Å². The van der Waals surface area contributed by atoms with Gasteiger partial charge in [-0.2, -0.15) is 0 Å². The molecule has 1 aliphatic heterocycles. The van der Waals surface area contributed by atoms with Crippen molar-refractivity contribution in [3.8, 4) is 0 Å². The third kappa shape index (κ3) is 2.18. The molecule has 2 nitrogen and oxygen atoms in total. The molecule has 0 unspecified atom stereocenters. The molecule has 1 saturated carbocycles. The molecule has 0 amide bonds. The van der Waals surface area contributed by atoms with Crippen LogP contribution in [0.3, 0.4) is 0 Å². The predicted molar refractivity (Wildman–Crippen MR) is 58.4 cm³/mol. The van der Waals surface area contributed by atoms with Crippen molar-refractivity contribution >= 4 is 0 Å². The van der Waals surface area contributed by atoms with Gasteiger partial charge in [-0.15, -0.1) is 0 Å². The molecule has 1 aliphatic carbocycles. The predicted octanol–water partition coefficient (Wildman–Crippen LogP) is 2.26. The van der Waals surface area contributed by atoms with Gasteiger partial charge in [0.25, 0.3) is 0 Å². The standard InChI is InChI=1S/C12H21NO/c1-2-12(6-4-7-12)13-9-11-5-3-8-14-10-11/h5,13H,2-4,6-10H2,1H3. The lowest BCUT2D eigenvalue weighted by molar-refractivity contribution is 0.141. The summed E-state index contributed by atoms with van der Waals surface area (Å²) >= 11 is 0. The number of hydrogen-bond acceptors (Lipinski definition) is 2. The average molecular weight is 195 g/mol. The Labute approximate surface area is 86.7 Å². The summed E-state index contributed by atoms with van der Waals surface area (Å²) in [6.07, 6.45) is 8.81. The molecule has 1 heterocycles. The number of rotatable bonds is 4. The van der Waals surface area contributed by atoms with Crippen LogP contribution in [0.25, 0.3) is 0 Å². The average Bonchev–Trinajstić information content (AvgIpc) is 2.19. The van der Waals surface area contributed by atoms with E-state index in [0.29, 0.717) is 5.54 Å². The van der Waals surface area contributed by atoms with Crippen molar-refractivity contribution in [2.75, 3.05) is 19.8 Å². The molecule has 2 aliphatic rings. The molecule has 80 valence electrons. The van der Waals surface area contributed by atoms with E-state index in [4.69, 9.17) is 4.74 Å². The van der Waals surface area contributed by atoms with Gasteiger partial charge in [-0.25, -0.2) is 0 Å². The first-order chi connectivity index (χ1) is 6.85. The van der Waals surface area contributed by atoms with Crippen LogP contribution in [0, 0.1) is 0 Å². The zero-order valence-electron chi connectivity index (χ0n) is 9.14. The van der Waals surface area contributed by atoms with E-state index in [9.17, 15) is 0 Å². The van der Waals surface area contributed by atoms with Crippen molar-refractivity contribution in [1.29, 1.82) is 0 Å². The lowest BCUT2D eigenvalue weighted by Crippen LogP contribution is -2.51. The van der Waals surface area contributed by atoms with Crippen LogP contribution >= 0.6 is 0 Å². The molecule has 2 heteroatoms. The van der Waals surface area contributed by atoms with Crippen LogP contribution in [0.5, 0.6) is 0 Å². The molecule has 0 spiro atoms. The van der Waals surface area contributed by atoms with Crippen LogP contribution in [0.4, 0.5) is 0 Å². The van der Waals surface area contributed by atoms with Gasteiger partial charge >= 0.3 is 0 Å². The van der Waals surface area contributed by atoms with E-state index in [2.05, 4.69) is 18.3 Å². The largest absolute Gasteiger partial charge is 0.377 e. The molecule has 0 radical (unpaired) electrons. The molecular formula is C12H21NO. The van der Waals surface area contributed by atoms with Gasteiger partial charge < -0.3 is 10.1 Å². The summed E-state index contributed by atoms with van der Waals surface area (Å²) in [6, 6.07) is 0. The highest BCUT2D eigenvalue weighted by Crippen LogP contribution is 2.34. The van der Waals surface area contributed by atoms with Crippen LogP contribution in [0.1, 0.15) is 39.0 Å². The first-order valence-corrected chi connectivity index (χ1v) is 5.85. The molecule has 0 saturated heterocycles. The van der Waals surface area contributed by atoms with Crippen LogP contribution in [0.15, 0.2) is 11.6 Å². The molecule has 0 aromatic carbocycles. The number of ether oxygens (including phenoxy) is 1. The van der Waals surface area contributed by atoms with Crippen molar-refractivity contribution in [3.63, 3.8) is 0 Å². The summed E-state index contributed by atoms with van der Waals surface area (Å²) < 4.78 is 5.42. The van der Waals surface area contributed by atoms with Gasteiger partial charge in [0, 0.05) is 12.1 Å². The molecule has 2 rings (SSSR count). The second-order valence-corrected chi connectivity index (χ2v) is 4.54. The van der Waals surface area contributed by atoms with Gasteiger partial charge in [-0.05, 0) is 37.7 Å². The van der Waals surface area contributed by atoms with Crippen LogP contribution < -0.4 is 5.32 Å². The highest BCUT2D eigenvalue weighted by molar-refractivity contribution is 5.09. The molecule has 0 aromatic rings. The lowest BCUT2D eigenvalue weighted by atomic mass is 9.75. The quantitative estimate of drug-likeness (QED) is 0.695. The van der Waals surface area contributed by atoms with Gasteiger partial charge in [-0.1, -0.05) is 13.0 Å². The molecule has 0 atom stereocenters. The molecular weight excluding hydrogens is 174 g/mol. The third-order valence-corrected chi connectivity index (χ3v) is 3.66. The van der Waals surface area contributed by atoms with Gasteiger partial charge in [0.1, 0.15) is 0 Å². The second kappa shape index (κ2) is 4.45. The Bertz CT molecular complexity index is 213. The summed E-state index contributed by atoms with van der Waals surface area (Å²) in [6.45, 7) is 5.07.